The molecule has 0 radical (unpaired) electrons. The van der Waals surface area contributed by atoms with Crippen molar-refractivity contribution in [3.05, 3.63) is 64.6 Å². The molecule has 0 saturated carbocycles. The average molecular weight is 443 g/mol. The molecular formula is C19H17N5O6S. The molecule has 4 rings (SSSR count). The van der Waals surface area contributed by atoms with Crippen LogP contribution < -0.4 is 16.4 Å². The second-order valence-corrected chi connectivity index (χ2v) is 8.63. The number of hydrogen-bond donors (Lipinski definition) is 3. The van der Waals surface area contributed by atoms with Crippen LogP contribution in [0.4, 0.5) is 5.69 Å². The summed E-state index contributed by atoms with van der Waals surface area (Å²) in [6.45, 7) is 0.114. The molecule has 2 aromatic carbocycles. The van der Waals surface area contributed by atoms with Gasteiger partial charge in [-0.15, -0.1) is 0 Å². The van der Waals surface area contributed by atoms with E-state index in [2.05, 4.69) is 25.3 Å². The number of aromatic amines is 1. The number of nitrogens with one attached hydrogen (secondary N) is 3. The molecule has 0 aliphatic carbocycles. The summed E-state index contributed by atoms with van der Waals surface area (Å²) in [6.07, 6.45) is 0. The van der Waals surface area contributed by atoms with Gasteiger partial charge in [0.2, 0.25) is 15.9 Å². The van der Waals surface area contributed by atoms with Crippen LogP contribution in [0, 0.1) is 0 Å². The zero-order chi connectivity index (χ0) is 22.0. The largest absolute Gasteiger partial charge is 0.439 e. The van der Waals surface area contributed by atoms with Crippen LogP contribution in [0.1, 0.15) is 10.4 Å². The van der Waals surface area contributed by atoms with Gasteiger partial charge in [-0.05, 0) is 30.3 Å². The zero-order valence-corrected chi connectivity index (χ0v) is 16.8. The maximum absolute atomic E-state index is 12.8. The van der Waals surface area contributed by atoms with Crippen molar-refractivity contribution >= 4 is 27.5 Å². The summed E-state index contributed by atoms with van der Waals surface area (Å²) in [7, 11) is -3.92. The predicted octanol–water partition coefficient (Wildman–Crippen LogP) is 0.403. The highest BCUT2D eigenvalue weighted by molar-refractivity contribution is 7.89. The van der Waals surface area contributed by atoms with Crippen molar-refractivity contribution in [1.82, 2.24) is 19.8 Å². The third-order valence-corrected chi connectivity index (χ3v) is 6.41. The Morgan fingerprint density at radius 3 is 2.68 bits per heavy atom. The van der Waals surface area contributed by atoms with Crippen LogP contribution in [0.25, 0.3) is 11.4 Å². The third kappa shape index (κ3) is 4.39. The Morgan fingerprint density at radius 1 is 1.13 bits per heavy atom. The molecule has 31 heavy (non-hydrogen) atoms. The van der Waals surface area contributed by atoms with E-state index in [-0.39, 0.29) is 41.8 Å². The van der Waals surface area contributed by atoms with Crippen LogP contribution >= 0.6 is 0 Å². The number of nitrogens with zero attached hydrogens (tertiary/aromatic N) is 2. The van der Waals surface area contributed by atoms with E-state index in [0.29, 0.717) is 11.3 Å². The summed E-state index contributed by atoms with van der Waals surface area (Å²) in [5.74, 6) is -1.40. The molecule has 2 heterocycles. The fourth-order valence-electron chi connectivity index (χ4n) is 3.07. The van der Waals surface area contributed by atoms with Gasteiger partial charge >= 0.3 is 5.76 Å². The average Bonchev–Trinajstić information content (AvgIpc) is 3.20. The van der Waals surface area contributed by atoms with Gasteiger partial charge in [-0.25, -0.2) is 13.2 Å². The Balaban J connectivity index is 1.55. The van der Waals surface area contributed by atoms with Crippen LogP contribution in [0.15, 0.2) is 62.7 Å². The highest BCUT2D eigenvalue weighted by Crippen LogP contribution is 2.21. The van der Waals surface area contributed by atoms with Crippen LogP contribution in [-0.4, -0.2) is 54.3 Å². The lowest BCUT2D eigenvalue weighted by molar-refractivity contribution is -0.122. The fraction of sp³-hybridized carbons (Fsp3) is 0.158. The maximum Gasteiger partial charge on any atom is 0.439 e. The van der Waals surface area contributed by atoms with E-state index < -0.39 is 21.7 Å². The first-order valence-electron chi connectivity index (χ1n) is 9.18. The van der Waals surface area contributed by atoms with Crippen LogP contribution in [0.2, 0.25) is 0 Å². The molecule has 12 heteroatoms. The Labute approximate surface area is 176 Å². The number of carbonyl (C=O) groups excluding carboxylic acids is 2. The Bertz CT molecular complexity index is 1310. The summed E-state index contributed by atoms with van der Waals surface area (Å²) in [6, 6.07) is 12.1. The SMILES string of the molecule is O=C1CN(S(=O)(=O)c2cccc(C(=O)Nc3cccc(-c4noc(=O)[nH]4)c3)c2)CCN1. The van der Waals surface area contributed by atoms with E-state index in [0.717, 1.165) is 4.31 Å². The van der Waals surface area contributed by atoms with Crippen molar-refractivity contribution < 1.29 is 22.5 Å². The summed E-state index contributed by atoms with van der Waals surface area (Å²) >= 11 is 0. The molecule has 0 bridgehead atoms. The number of rotatable bonds is 5. The van der Waals surface area contributed by atoms with E-state index in [1.807, 2.05) is 0 Å². The lowest BCUT2D eigenvalue weighted by Crippen LogP contribution is -2.49. The Morgan fingerprint density at radius 2 is 1.94 bits per heavy atom. The second kappa shape index (κ2) is 8.16. The molecule has 1 aliphatic heterocycles. The van der Waals surface area contributed by atoms with E-state index in [4.69, 9.17) is 0 Å². The first-order valence-corrected chi connectivity index (χ1v) is 10.6. The molecule has 0 spiro atoms. The lowest BCUT2D eigenvalue weighted by Gasteiger charge is -2.26. The van der Waals surface area contributed by atoms with Crippen molar-refractivity contribution in [3.8, 4) is 11.4 Å². The molecule has 160 valence electrons. The quantitative estimate of drug-likeness (QED) is 0.516. The number of sulfonamides is 1. The standard InChI is InChI=1S/C19H17N5O6S/c25-16-11-24(8-7-20-16)31(28,29)15-6-2-4-13(10-15)18(26)21-14-5-1-3-12(9-14)17-22-19(27)30-23-17/h1-6,9-10H,7-8,11H2,(H,20,25)(H,21,26)(H,22,23,27). The highest BCUT2D eigenvalue weighted by Gasteiger charge is 2.29. The van der Waals surface area contributed by atoms with E-state index in [1.54, 1.807) is 24.3 Å². The van der Waals surface area contributed by atoms with Crippen molar-refractivity contribution in [2.24, 2.45) is 0 Å². The van der Waals surface area contributed by atoms with Crippen molar-refractivity contribution in [2.45, 2.75) is 4.90 Å². The second-order valence-electron chi connectivity index (χ2n) is 6.69. The van der Waals surface area contributed by atoms with E-state index >= 15 is 0 Å². The zero-order valence-electron chi connectivity index (χ0n) is 16.0. The number of anilines is 1. The van der Waals surface area contributed by atoms with Gasteiger partial charge in [-0.2, -0.15) is 4.31 Å². The smallest absolute Gasteiger partial charge is 0.354 e. The van der Waals surface area contributed by atoms with Gasteiger partial charge in [0.05, 0.1) is 11.4 Å². The van der Waals surface area contributed by atoms with Gasteiger partial charge in [0.25, 0.3) is 5.91 Å². The van der Waals surface area contributed by atoms with Crippen molar-refractivity contribution in [2.75, 3.05) is 25.0 Å². The third-order valence-electron chi connectivity index (χ3n) is 4.57. The first kappa shape index (κ1) is 20.5. The molecule has 1 aromatic heterocycles. The minimum atomic E-state index is -3.92. The topological polar surface area (TPSA) is 154 Å². The van der Waals surface area contributed by atoms with Crippen LogP contribution in [-0.2, 0) is 14.8 Å². The minimum Gasteiger partial charge on any atom is -0.354 e. The van der Waals surface area contributed by atoms with Crippen LogP contribution in [0.5, 0.6) is 0 Å². The minimum absolute atomic E-state index is 0.0798. The molecule has 0 atom stereocenters. The normalized spacial score (nSPS) is 14.8. The van der Waals surface area contributed by atoms with Crippen LogP contribution in [0.3, 0.4) is 0 Å². The molecule has 1 saturated heterocycles. The molecule has 1 fully saturated rings. The fourth-order valence-corrected chi connectivity index (χ4v) is 4.51. The summed E-state index contributed by atoms with van der Waals surface area (Å²) in [5.41, 5.74) is 1.05. The number of H-pyrrole nitrogens is 1. The predicted molar refractivity (Wildman–Crippen MR) is 109 cm³/mol. The molecule has 0 unspecified atom stereocenters. The molecule has 3 aromatic rings. The van der Waals surface area contributed by atoms with Gasteiger partial charge < -0.3 is 10.6 Å². The Hall–Kier alpha value is -3.77. The van der Waals surface area contributed by atoms with Gasteiger partial charge in [-0.3, -0.25) is 19.1 Å². The van der Waals surface area contributed by atoms with E-state index in [1.165, 1.54) is 24.3 Å². The number of piperazine rings is 1. The summed E-state index contributed by atoms with van der Waals surface area (Å²) in [4.78, 5) is 37.7. The molecule has 11 nitrogen and oxygen atoms in total. The van der Waals surface area contributed by atoms with Gasteiger partial charge in [-0.1, -0.05) is 23.4 Å². The van der Waals surface area contributed by atoms with Gasteiger partial charge in [0.15, 0.2) is 5.82 Å². The molecular weight excluding hydrogens is 426 g/mol. The maximum atomic E-state index is 12.8. The molecule has 2 amide bonds. The molecule has 3 N–H and O–H groups in total. The van der Waals surface area contributed by atoms with E-state index in [9.17, 15) is 22.8 Å². The number of hydrogen-bond acceptors (Lipinski definition) is 7. The summed E-state index contributed by atoms with van der Waals surface area (Å²) < 4.78 is 31.2. The lowest BCUT2D eigenvalue weighted by atomic mass is 10.1. The number of benzene rings is 2. The summed E-state index contributed by atoms with van der Waals surface area (Å²) in [5, 5.41) is 8.85. The number of carbonyl (C=O) groups is 2. The monoisotopic (exact) mass is 443 g/mol. The van der Waals surface area contributed by atoms with Gasteiger partial charge in [0, 0.05) is 29.9 Å². The van der Waals surface area contributed by atoms with Crippen molar-refractivity contribution in [1.29, 1.82) is 0 Å². The molecule has 1 aliphatic rings. The van der Waals surface area contributed by atoms with Crippen molar-refractivity contribution in [3.63, 3.8) is 0 Å². The number of amides is 2. The first-order chi connectivity index (χ1) is 14.8. The Kier molecular flexibility index (Phi) is 5.40. The number of aromatic nitrogens is 2. The highest BCUT2D eigenvalue weighted by atomic mass is 32.2. The van der Waals surface area contributed by atoms with Gasteiger partial charge in [0.1, 0.15) is 0 Å².